The highest BCUT2D eigenvalue weighted by atomic mass is 35.5. The van der Waals surface area contributed by atoms with Gasteiger partial charge in [-0.1, -0.05) is 11.6 Å². The third-order valence-corrected chi connectivity index (χ3v) is 3.10. The standard InChI is InChI=1S/C15H12ClFO3/c1-19-12-2-4-13(5-3-12)20-9-14-10(8-18)6-11(17)7-15(14)16/h2-8H,9H2,1H3. The Morgan fingerprint density at radius 1 is 1.20 bits per heavy atom. The molecule has 0 N–H and O–H groups in total. The van der Waals surface area contributed by atoms with Crippen molar-refractivity contribution in [2.75, 3.05) is 7.11 Å². The molecule has 104 valence electrons. The second-order valence-electron chi connectivity index (χ2n) is 4.04. The van der Waals surface area contributed by atoms with E-state index in [1.54, 1.807) is 31.4 Å². The Labute approximate surface area is 120 Å². The fraction of sp³-hybridized carbons (Fsp3) is 0.133. The number of halogens is 2. The molecule has 0 bridgehead atoms. The van der Waals surface area contributed by atoms with Crippen molar-refractivity contribution >= 4 is 17.9 Å². The predicted octanol–water partition coefficient (Wildman–Crippen LogP) is 3.88. The molecule has 20 heavy (non-hydrogen) atoms. The van der Waals surface area contributed by atoms with E-state index in [2.05, 4.69) is 0 Å². The lowest BCUT2D eigenvalue weighted by atomic mass is 10.1. The number of rotatable bonds is 5. The summed E-state index contributed by atoms with van der Waals surface area (Å²) in [6, 6.07) is 9.25. The summed E-state index contributed by atoms with van der Waals surface area (Å²) in [6.45, 7) is 0.0829. The van der Waals surface area contributed by atoms with E-state index in [9.17, 15) is 9.18 Å². The second-order valence-corrected chi connectivity index (χ2v) is 4.44. The Balaban J connectivity index is 2.15. The Bertz CT molecular complexity index is 611. The SMILES string of the molecule is COc1ccc(OCc2c(Cl)cc(F)cc2C=O)cc1. The summed E-state index contributed by atoms with van der Waals surface area (Å²) in [7, 11) is 1.57. The number of hydrogen-bond donors (Lipinski definition) is 0. The van der Waals surface area contributed by atoms with E-state index >= 15 is 0 Å². The molecule has 5 heteroatoms. The maximum atomic E-state index is 13.1. The first kappa shape index (κ1) is 14.3. The van der Waals surface area contributed by atoms with Crippen molar-refractivity contribution in [3.8, 4) is 11.5 Å². The maximum Gasteiger partial charge on any atom is 0.150 e. The molecule has 0 atom stereocenters. The maximum absolute atomic E-state index is 13.1. The predicted molar refractivity (Wildman–Crippen MR) is 74.1 cm³/mol. The molecular weight excluding hydrogens is 283 g/mol. The molecule has 3 nitrogen and oxygen atoms in total. The topological polar surface area (TPSA) is 35.5 Å². The second kappa shape index (κ2) is 6.39. The fourth-order valence-corrected chi connectivity index (χ4v) is 1.98. The Hall–Kier alpha value is -2.07. The summed E-state index contributed by atoms with van der Waals surface area (Å²) >= 11 is 5.93. The van der Waals surface area contributed by atoms with Gasteiger partial charge in [-0.2, -0.15) is 0 Å². The Morgan fingerprint density at radius 2 is 1.85 bits per heavy atom. The van der Waals surface area contributed by atoms with E-state index < -0.39 is 5.82 Å². The summed E-state index contributed by atoms with van der Waals surface area (Å²) in [5.41, 5.74) is 0.641. The minimum Gasteiger partial charge on any atom is -0.497 e. The van der Waals surface area contributed by atoms with Gasteiger partial charge in [0.25, 0.3) is 0 Å². The van der Waals surface area contributed by atoms with Crippen LogP contribution in [0.5, 0.6) is 11.5 Å². The summed E-state index contributed by atoms with van der Waals surface area (Å²) < 4.78 is 23.7. The molecule has 0 saturated carbocycles. The van der Waals surface area contributed by atoms with Crippen molar-refractivity contribution in [2.45, 2.75) is 6.61 Å². The lowest BCUT2D eigenvalue weighted by Crippen LogP contribution is -2.01. The third-order valence-electron chi connectivity index (χ3n) is 2.76. The smallest absolute Gasteiger partial charge is 0.150 e. The van der Waals surface area contributed by atoms with Gasteiger partial charge >= 0.3 is 0 Å². The van der Waals surface area contributed by atoms with Crippen LogP contribution in [0, 0.1) is 5.82 Å². The zero-order valence-electron chi connectivity index (χ0n) is 10.7. The third kappa shape index (κ3) is 3.27. The van der Waals surface area contributed by atoms with E-state index in [-0.39, 0.29) is 17.2 Å². The van der Waals surface area contributed by atoms with Gasteiger partial charge in [0.2, 0.25) is 0 Å². The summed E-state index contributed by atoms with van der Waals surface area (Å²) in [5.74, 6) is 0.763. The molecule has 0 amide bonds. The molecule has 0 saturated heterocycles. The molecule has 0 radical (unpaired) electrons. The lowest BCUT2D eigenvalue weighted by Gasteiger charge is -2.10. The van der Waals surface area contributed by atoms with E-state index in [1.807, 2.05) is 0 Å². The van der Waals surface area contributed by atoms with Crippen LogP contribution in [-0.2, 0) is 6.61 Å². The zero-order chi connectivity index (χ0) is 14.5. The molecule has 0 heterocycles. The molecule has 0 fully saturated rings. The van der Waals surface area contributed by atoms with Crippen LogP contribution in [0.4, 0.5) is 4.39 Å². The fourth-order valence-electron chi connectivity index (χ4n) is 1.71. The van der Waals surface area contributed by atoms with Crippen LogP contribution >= 0.6 is 11.6 Å². The first-order chi connectivity index (χ1) is 9.63. The van der Waals surface area contributed by atoms with E-state index in [4.69, 9.17) is 21.1 Å². The highest BCUT2D eigenvalue weighted by Crippen LogP contribution is 2.24. The van der Waals surface area contributed by atoms with Gasteiger partial charge in [0.15, 0.2) is 6.29 Å². The minimum absolute atomic E-state index is 0.0829. The van der Waals surface area contributed by atoms with Gasteiger partial charge in [0.1, 0.15) is 23.9 Å². The van der Waals surface area contributed by atoms with Crippen LogP contribution in [0.15, 0.2) is 36.4 Å². The monoisotopic (exact) mass is 294 g/mol. The van der Waals surface area contributed by atoms with Crippen molar-refractivity contribution < 1.29 is 18.7 Å². The number of carbonyl (C=O) groups excluding carboxylic acids is 1. The molecule has 0 aromatic heterocycles. The molecule has 0 unspecified atom stereocenters. The van der Waals surface area contributed by atoms with E-state index in [0.717, 1.165) is 12.1 Å². The minimum atomic E-state index is -0.551. The van der Waals surface area contributed by atoms with Crippen LogP contribution in [0.2, 0.25) is 5.02 Å². The number of methoxy groups -OCH3 is 1. The van der Waals surface area contributed by atoms with Gasteiger partial charge in [0, 0.05) is 11.1 Å². The van der Waals surface area contributed by atoms with Crippen LogP contribution < -0.4 is 9.47 Å². The largest absolute Gasteiger partial charge is 0.497 e. The normalized spacial score (nSPS) is 10.2. The summed E-state index contributed by atoms with van der Waals surface area (Å²) in [5, 5.41) is 0.167. The number of aldehydes is 1. The van der Waals surface area contributed by atoms with Crippen LogP contribution in [0.1, 0.15) is 15.9 Å². The highest BCUT2D eigenvalue weighted by Gasteiger charge is 2.10. The number of hydrogen-bond acceptors (Lipinski definition) is 3. The summed E-state index contributed by atoms with van der Waals surface area (Å²) in [4.78, 5) is 10.9. The highest BCUT2D eigenvalue weighted by molar-refractivity contribution is 6.31. The van der Waals surface area contributed by atoms with Crippen LogP contribution in [0.3, 0.4) is 0 Å². The van der Waals surface area contributed by atoms with Gasteiger partial charge in [-0.3, -0.25) is 4.79 Å². The van der Waals surface area contributed by atoms with Gasteiger partial charge in [-0.05, 0) is 36.4 Å². The molecule has 2 aromatic carbocycles. The number of ether oxygens (including phenoxy) is 2. The first-order valence-corrected chi connectivity index (χ1v) is 6.22. The number of benzene rings is 2. The van der Waals surface area contributed by atoms with Crippen molar-refractivity contribution in [1.82, 2.24) is 0 Å². The van der Waals surface area contributed by atoms with Crippen LogP contribution in [0.25, 0.3) is 0 Å². The molecule has 0 spiro atoms. The molecular formula is C15H12ClFO3. The van der Waals surface area contributed by atoms with Crippen molar-refractivity contribution in [2.24, 2.45) is 0 Å². The Kier molecular flexibility index (Phi) is 4.58. The Morgan fingerprint density at radius 3 is 2.45 bits per heavy atom. The molecule has 0 aliphatic rings. The van der Waals surface area contributed by atoms with Gasteiger partial charge in [-0.15, -0.1) is 0 Å². The first-order valence-electron chi connectivity index (χ1n) is 5.84. The van der Waals surface area contributed by atoms with E-state index in [1.165, 1.54) is 0 Å². The quantitative estimate of drug-likeness (QED) is 0.785. The molecule has 2 aromatic rings. The van der Waals surface area contributed by atoms with Gasteiger partial charge < -0.3 is 9.47 Å². The number of carbonyl (C=O) groups is 1. The molecule has 2 rings (SSSR count). The molecule has 0 aliphatic heterocycles. The van der Waals surface area contributed by atoms with Crippen molar-refractivity contribution in [3.63, 3.8) is 0 Å². The zero-order valence-corrected chi connectivity index (χ0v) is 11.5. The van der Waals surface area contributed by atoms with E-state index in [0.29, 0.717) is 23.3 Å². The average Bonchev–Trinajstić information content (AvgIpc) is 2.46. The van der Waals surface area contributed by atoms with Crippen molar-refractivity contribution in [1.29, 1.82) is 0 Å². The summed E-state index contributed by atoms with van der Waals surface area (Å²) in [6.07, 6.45) is 0.557. The average molecular weight is 295 g/mol. The molecule has 0 aliphatic carbocycles. The van der Waals surface area contributed by atoms with Gasteiger partial charge in [0.05, 0.1) is 12.1 Å². The lowest BCUT2D eigenvalue weighted by molar-refractivity contribution is 0.112. The van der Waals surface area contributed by atoms with Crippen LogP contribution in [-0.4, -0.2) is 13.4 Å². The van der Waals surface area contributed by atoms with Crippen molar-refractivity contribution in [3.05, 3.63) is 58.4 Å². The van der Waals surface area contributed by atoms with Gasteiger partial charge in [-0.25, -0.2) is 4.39 Å².